The maximum atomic E-state index is 12.5. The molecule has 0 atom stereocenters. The van der Waals surface area contributed by atoms with Crippen LogP contribution in [0, 0.1) is 0 Å². The van der Waals surface area contributed by atoms with Gasteiger partial charge in [0.1, 0.15) is 5.75 Å². The molecule has 1 aromatic heterocycles. The maximum Gasteiger partial charge on any atom is 0.264 e. The van der Waals surface area contributed by atoms with E-state index >= 15 is 0 Å². The normalized spacial score (nSPS) is 10.8. The van der Waals surface area contributed by atoms with Crippen molar-refractivity contribution in [3.8, 4) is 17.5 Å². The van der Waals surface area contributed by atoms with Crippen LogP contribution in [-0.4, -0.2) is 45.6 Å². The van der Waals surface area contributed by atoms with Crippen molar-refractivity contribution in [2.24, 2.45) is 5.73 Å². The maximum absolute atomic E-state index is 12.5. The first-order valence-corrected chi connectivity index (χ1v) is 8.26. The monoisotopic (exact) mass is 368 g/mol. The third-order valence-electron chi connectivity index (χ3n) is 3.07. The van der Waals surface area contributed by atoms with Gasteiger partial charge in [0.2, 0.25) is 17.7 Å². The highest BCUT2D eigenvalue weighted by Crippen LogP contribution is 2.24. The van der Waals surface area contributed by atoms with E-state index in [1.165, 1.54) is 39.5 Å². The molecule has 11 heteroatoms. The number of benzene rings is 1. The fourth-order valence-electron chi connectivity index (χ4n) is 1.88. The summed E-state index contributed by atoms with van der Waals surface area (Å²) >= 11 is 0. The molecule has 1 heterocycles. The lowest BCUT2D eigenvalue weighted by Gasteiger charge is -2.11. The average molecular weight is 368 g/mol. The third-order valence-corrected chi connectivity index (χ3v) is 4.40. The van der Waals surface area contributed by atoms with E-state index in [2.05, 4.69) is 14.7 Å². The number of hydrogen-bond acceptors (Lipinski definition) is 8. The average Bonchev–Trinajstić information content (AvgIpc) is 2.60. The highest BCUT2D eigenvalue weighted by Gasteiger charge is 2.20. The van der Waals surface area contributed by atoms with E-state index in [0.29, 0.717) is 0 Å². The van der Waals surface area contributed by atoms with Gasteiger partial charge in [0, 0.05) is 0 Å². The second-order valence-corrected chi connectivity index (χ2v) is 6.29. The second kappa shape index (κ2) is 7.21. The van der Waals surface area contributed by atoms with Gasteiger partial charge in [-0.05, 0) is 18.2 Å². The minimum Gasteiger partial charge on any atom is -0.496 e. The summed E-state index contributed by atoms with van der Waals surface area (Å²) in [5.74, 6) is -0.708. The van der Waals surface area contributed by atoms with Crippen molar-refractivity contribution < 1.29 is 27.4 Å². The van der Waals surface area contributed by atoms with Crippen molar-refractivity contribution in [1.29, 1.82) is 0 Å². The van der Waals surface area contributed by atoms with Crippen molar-refractivity contribution in [1.82, 2.24) is 9.97 Å². The Morgan fingerprint density at radius 1 is 1.04 bits per heavy atom. The Balaban J connectivity index is 2.43. The van der Waals surface area contributed by atoms with Crippen LogP contribution in [0.4, 0.5) is 5.95 Å². The molecule has 2 rings (SSSR count). The number of rotatable bonds is 7. The molecule has 0 aliphatic heterocycles. The number of ether oxygens (including phenoxy) is 3. The Kier molecular flexibility index (Phi) is 5.27. The van der Waals surface area contributed by atoms with Crippen LogP contribution in [0.15, 0.2) is 29.2 Å². The van der Waals surface area contributed by atoms with Crippen LogP contribution in [0.2, 0.25) is 0 Å². The highest BCUT2D eigenvalue weighted by molar-refractivity contribution is 7.92. The van der Waals surface area contributed by atoms with Crippen LogP contribution in [0.5, 0.6) is 17.5 Å². The van der Waals surface area contributed by atoms with E-state index in [9.17, 15) is 13.2 Å². The lowest BCUT2D eigenvalue weighted by molar-refractivity contribution is 0.0997. The Bertz CT molecular complexity index is 878. The molecule has 0 radical (unpaired) electrons. The summed E-state index contributed by atoms with van der Waals surface area (Å²) in [5.41, 5.74) is 5.16. The smallest absolute Gasteiger partial charge is 0.264 e. The van der Waals surface area contributed by atoms with Crippen molar-refractivity contribution in [3.05, 3.63) is 29.8 Å². The van der Waals surface area contributed by atoms with Gasteiger partial charge in [-0.3, -0.25) is 4.79 Å². The molecular formula is C14H16N4O6S. The van der Waals surface area contributed by atoms with Crippen LogP contribution >= 0.6 is 0 Å². The highest BCUT2D eigenvalue weighted by atomic mass is 32.2. The quantitative estimate of drug-likeness (QED) is 0.715. The zero-order valence-electron chi connectivity index (χ0n) is 13.6. The van der Waals surface area contributed by atoms with E-state index in [4.69, 9.17) is 19.9 Å². The number of methoxy groups -OCH3 is 3. The molecule has 134 valence electrons. The van der Waals surface area contributed by atoms with Crippen LogP contribution in [0.25, 0.3) is 0 Å². The summed E-state index contributed by atoms with van der Waals surface area (Å²) < 4.78 is 42.1. The third kappa shape index (κ3) is 4.07. The van der Waals surface area contributed by atoms with Crippen molar-refractivity contribution in [3.63, 3.8) is 0 Å². The number of nitrogens with zero attached hydrogens (tertiary/aromatic N) is 2. The van der Waals surface area contributed by atoms with Gasteiger partial charge in [-0.25, -0.2) is 13.1 Å². The molecule has 0 fully saturated rings. The van der Waals surface area contributed by atoms with Crippen LogP contribution in [-0.2, 0) is 10.0 Å². The lowest BCUT2D eigenvalue weighted by Crippen LogP contribution is -2.18. The topological polar surface area (TPSA) is 143 Å². The SMILES string of the molecule is COc1cc(OC)nc(NS(=O)(=O)c2ccc(OC)c(C(N)=O)c2)n1. The molecular weight excluding hydrogens is 352 g/mol. The van der Waals surface area contributed by atoms with Gasteiger partial charge >= 0.3 is 0 Å². The molecule has 0 spiro atoms. The predicted molar refractivity (Wildman–Crippen MR) is 87.5 cm³/mol. The second-order valence-electron chi connectivity index (χ2n) is 4.61. The summed E-state index contributed by atoms with van der Waals surface area (Å²) in [7, 11) is -0.0284. The van der Waals surface area contributed by atoms with Gasteiger partial charge in [0.15, 0.2) is 0 Å². The number of amides is 1. The number of hydrogen-bond donors (Lipinski definition) is 2. The van der Waals surface area contributed by atoms with Gasteiger partial charge < -0.3 is 19.9 Å². The summed E-state index contributed by atoms with van der Waals surface area (Å²) in [6.07, 6.45) is 0. The standard InChI is InChI=1S/C14H16N4O6S/c1-22-10-5-4-8(6-9(10)13(15)19)25(20,21)18-14-16-11(23-2)7-12(17-14)24-3/h4-7H,1-3H3,(H2,15,19)(H,16,17,18). The number of primary amides is 1. The van der Waals surface area contributed by atoms with Crippen LogP contribution in [0.1, 0.15) is 10.4 Å². The predicted octanol–water partition coefficient (Wildman–Crippen LogP) is 0.402. The Morgan fingerprint density at radius 3 is 2.12 bits per heavy atom. The molecule has 0 saturated carbocycles. The van der Waals surface area contributed by atoms with E-state index < -0.39 is 15.9 Å². The zero-order valence-corrected chi connectivity index (χ0v) is 14.5. The molecule has 0 bridgehead atoms. The lowest BCUT2D eigenvalue weighted by atomic mass is 10.2. The molecule has 0 aliphatic rings. The molecule has 0 aliphatic carbocycles. The Labute approximate surface area is 144 Å². The number of nitrogens with two attached hydrogens (primary N) is 1. The summed E-state index contributed by atoms with van der Waals surface area (Å²) in [5, 5.41) is 0. The van der Waals surface area contributed by atoms with Gasteiger partial charge in [-0.2, -0.15) is 9.97 Å². The Hall–Kier alpha value is -3.08. The zero-order chi connectivity index (χ0) is 18.6. The Morgan fingerprint density at radius 2 is 1.64 bits per heavy atom. The van der Waals surface area contributed by atoms with E-state index in [0.717, 1.165) is 6.07 Å². The largest absolute Gasteiger partial charge is 0.496 e. The molecule has 0 saturated heterocycles. The summed E-state index contributed by atoms with van der Waals surface area (Å²) in [4.78, 5) is 19.0. The first kappa shape index (κ1) is 18.3. The molecule has 1 aromatic carbocycles. The first-order chi connectivity index (χ1) is 11.8. The number of nitrogens with one attached hydrogen (secondary N) is 1. The first-order valence-electron chi connectivity index (χ1n) is 6.78. The van der Waals surface area contributed by atoms with Gasteiger partial charge in [-0.15, -0.1) is 0 Å². The van der Waals surface area contributed by atoms with E-state index in [1.54, 1.807) is 0 Å². The molecule has 0 unspecified atom stereocenters. The van der Waals surface area contributed by atoms with Crippen LogP contribution < -0.4 is 24.7 Å². The molecule has 10 nitrogen and oxygen atoms in total. The minimum absolute atomic E-state index is 0.0745. The molecule has 25 heavy (non-hydrogen) atoms. The van der Waals surface area contributed by atoms with Crippen molar-refractivity contribution in [2.45, 2.75) is 4.90 Å². The fourth-order valence-corrected chi connectivity index (χ4v) is 2.85. The number of carbonyl (C=O) groups is 1. The number of sulfonamides is 1. The van der Waals surface area contributed by atoms with Gasteiger partial charge in [0.25, 0.3) is 15.9 Å². The molecule has 2 aromatic rings. The van der Waals surface area contributed by atoms with Gasteiger partial charge in [0.05, 0.1) is 37.9 Å². The number of anilines is 1. The van der Waals surface area contributed by atoms with Gasteiger partial charge in [-0.1, -0.05) is 0 Å². The van der Waals surface area contributed by atoms with Crippen molar-refractivity contribution >= 4 is 21.9 Å². The fraction of sp³-hybridized carbons (Fsp3) is 0.214. The van der Waals surface area contributed by atoms with Crippen molar-refractivity contribution in [2.75, 3.05) is 26.1 Å². The molecule has 3 N–H and O–H groups in total. The minimum atomic E-state index is -4.09. The van der Waals surface area contributed by atoms with E-state index in [1.807, 2.05) is 0 Å². The number of aromatic nitrogens is 2. The van der Waals surface area contributed by atoms with Crippen LogP contribution in [0.3, 0.4) is 0 Å². The van der Waals surface area contributed by atoms with E-state index in [-0.39, 0.29) is 33.9 Å². The summed E-state index contributed by atoms with van der Waals surface area (Å²) in [6, 6.07) is 5.06. The summed E-state index contributed by atoms with van der Waals surface area (Å²) in [6.45, 7) is 0. The molecule has 1 amide bonds. The number of carbonyl (C=O) groups excluding carboxylic acids is 1.